The van der Waals surface area contributed by atoms with Gasteiger partial charge in [0.1, 0.15) is 13.2 Å². The minimum Gasteiger partial charge on any atom is -0.460 e. The summed E-state index contributed by atoms with van der Waals surface area (Å²) >= 11 is 1.57. The van der Waals surface area contributed by atoms with Gasteiger partial charge in [0, 0.05) is 0 Å². The molecule has 2 rings (SSSR count). The molecular weight excluding hydrogens is 558 g/mol. The molecule has 0 N–H and O–H groups in total. The third-order valence-electron chi connectivity index (χ3n) is 4.69. The van der Waals surface area contributed by atoms with E-state index in [1.54, 1.807) is 49.7 Å². The van der Waals surface area contributed by atoms with Crippen molar-refractivity contribution in [2.75, 3.05) is 13.2 Å². The van der Waals surface area contributed by atoms with Gasteiger partial charge in [0.05, 0.1) is 46.1 Å². The fourth-order valence-electron chi connectivity index (χ4n) is 2.47. The first kappa shape index (κ1) is 27.5. The van der Waals surface area contributed by atoms with Gasteiger partial charge in [0.25, 0.3) is 0 Å². The quantitative estimate of drug-likeness (QED) is 0.168. The van der Waals surface area contributed by atoms with Gasteiger partial charge in [-0.15, -0.1) is 0 Å². The Bertz CT molecular complexity index is 886. The van der Waals surface area contributed by atoms with Crippen LogP contribution in [0.4, 0.5) is 0 Å². The fourth-order valence-corrected chi connectivity index (χ4v) is 4.33. The Balaban J connectivity index is 1.80. The molecule has 0 radical (unpaired) electrons. The SMILES string of the molecule is CC(C)(COP(=O)(I)OCC(C)(C)C(=O)OCc1ccccc1)C(=O)OCc1ccccc1. The Labute approximate surface area is 208 Å². The van der Waals surface area contributed by atoms with Crippen molar-refractivity contribution in [3.63, 3.8) is 0 Å². The number of ether oxygens (including phenoxy) is 2. The predicted octanol–water partition coefficient (Wildman–Crippen LogP) is 6.10. The van der Waals surface area contributed by atoms with Gasteiger partial charge in [0.2, 0.25) is 0 Å². The van der Waals surface area contributed by atoms with E-state index in [0.717, 1.165) is 11.1 Å². The molecule has 0 unspecified atom stereocenters. The van der Waals surface area contributed by atoms with Crippen molar-refractivity contribution >= 4 is 39.2 Å². The molecule has 2 aromatic rings. The van der Waals surface area contributed by atoms with Gasteiger partial charge >= 0.3 is 17.2 Å². The highest BCUT2D eigenvalue weighted by Gasteiger charge is 2.37. The van der Waals surface area contributed by atoms with E-state index in [9.17, 15) is 14.2 Å². The molecule has 0 saturated heterocycles. The summed E-state index contributed by atoms with van der Waals surface area (Å²) in [4.78, 5) is 24.9. The van der Waals surface area contributed by atoms with Gasteiger partial charge in [0.15, 0.2) is 0 Å². The molecule has 0 aliphatic carbocycles. The van der Waals surface area contributed by atoms with Crippen molar-refractivity contribution < 1.29 is 32.7 Å². The Morgan fingerprint density at radius 2 is 1.06 bits per heavy atom. The average Bonchev–Trinajstić information content (AvgIpc) is 2.80. The van der Waals surface area contributed by atoms with E-state index in [4.69, 9.17) is 18.5 Å². The van der Waals surface area contributed by atoms with Crippen molar-refractivity contribution in [2.45, 2.75) is 40.9 Å². The van der Waals surface area contributed by atoms with Gasteiger partial charge in [-0.1, -0.05) is 60.7 Å². The van der Waals surface area contributed by atoms with Gasteiger partial charge in [-0.25, -0.2) is 4.57 Å². The topological polar surface area (TPSA) is 88.1 Å². The van der Waals surface area contributed by atoms with E-state index in [0.29, 0.717) is 0 Å². The summed E-state index contributed by atoms with van der Waals surface area (Å²) in [6.07, 6.45) is 0. The van der Waals surface area contributed by atoms with Crippen molar-refractivity contribution in [1.29, 1.82) is 0 Å². The highest BCUT2D eigenvalue weighted by Crippen LogP contribution is 2.58. The zero-order chi connectivity index (χ0) is 24.5. The van der Waals surface area contributed by atoms with Crippen LogP contribution in [-0.2, 0) is 45.9 Å². The van der Waals surface area contributed by atoms with Gasteiger partial charge in [-0.05, 0) is 38.8 Å². The van der Waals surface area contributed by atoms with Crippen LogP contribution < -0.4 is 0 Å². The predicted molar refractivity (Wildman–Crippen MR) is 134 cm³/mol. The number of carbonyl (C=O) groups is 2. The molecule has 0 aromatic heterocycles. The van der Waals surface area contributed by atoms with Gasteiger partial charge in [-0.3, -0.25) is 9.59 Å². The molecule has 0 aliphatic heterocycles. The number of hydrogen-bond acceptors (Lipinski definition) is 7. The summed E-state index contributed by atoms with van der Waals surface area (Å²) in [6, 6.07) is 18.6. The first-order chi connectivity index (χ1) is 15.4. The minimum absolute atomic E-state index is 0.140. The van der Waals surface area contributed by atoms with E-state index in [1.807, 2.05) is 60.7 Å². The molecule has 180 valence electrons. The van der Waals surface area contributed by atoms with Crippen LogP contribution in [0, 0.1) is 10.8 Å². The summed E-state index contributed by atoms with van der Waals surface area (Å²) in [5, 5.41) is -3.56. The van der Waals surface area contributed by atoms with Crippen molar-refractivity contribution in [3.05, 3.63) is 71.8 Å². The van der Waals surface area contributed by atoms with Crippen LogP contribution in [0.15, 0.2) is 60.7 Å². The minimum atomic E-state index is -3.56. The third kappa shape index (κ3) is 9.57. The first-order valence-electron chi connectivity index (χ1n) is 10.4. The number of esters is 2. The molecule has 0 saturated carbocycles. The second-order valence-electron chi connectivity index (χ2n) is 8.87. The average molecular weight is 588 g/mol. The number of benzene rings is 2. The lowest BCUT2D eigenvalue weighted by molar-refractivity contribution is -0.157. The van der Waals surface area contributed by atoms with Gasteiger partial charge in [-0.2, -0.15) is 0 Å². The lowest BCUT2D eigenvalue weighted by Gasteiger charge is -2.26. The number of rotatable bonds is 12. The lowest BCUT2D eigenvalue weighted by atomic mass is 9.95. The maximum absolute atomic E-state index is 12.7. The first-order valence-corrected chi connectivity index (χ1v) is 14.8. The lowest BCUT2D eigenvalue weighted by Crippen LogP contribution is -2.32. The maximum Gasteiger partial charge on any atom is 0.388 e. The summed E-state index contributed by atoms with van der Waals surface area (Å²) in [7, 11) is 0. The normalized spacial score (nSPS) is 12.3. The standard InChI is InChI=1S/C24H30IO7P/c1-23(2,21(26)29-15-19-11-7-5-8-12-19)17-31-33(25,28)32-18-24(3,4)22(27)30-16-20-13-9-6-10-14-20/h5-14H,15-18H2,1-4H3. The van der Waals surface area contributed by atoms with Crippen LogP contribution in [0.3, 0.4) is 0 Å². The van der Waals surface area contributed by atoms with Gasteiger partial charge < -0.3 is 18.5 Å². The zero-order valence-electron chi connectivity index (χ0n) is 19.3. The van der Waals surface area contributed by atoms with E-state index in [2.05, 4.69) is 0 Å². The maximum atomic E-state index is 12.7. The van der Waals surface area contributed by atoms with Crippen LogP contribution >= 0.6 is 27.3 Å². The molecule has 7 nitrogen and oxygen atoms in total. The smallest absolute Gasteiger partial charge is 0.388 e. The molecule has 0 aliphatic rings. The highest BCUT2D eigenvalue weighted by atomic mass is 127. The molecular formula is C24H30IO7P. The molecule has 0 heterocycles. The fraction of sp³-hybridized carbons (Fsp3) is 0.417. The van der Waals surface area contributed by atoms with Crippen LogP contribution in [0.1, 0.15) is 38.8 Å². The highest BCUT2D eigenvalue weighted by molar-refractivity contribution is 14.2. The van der Waals surface area contributed by atoms with E-state index in [1.165, 1.54) is 0 Å². The monoisotopic (exact) mass is 588 g/mol. The summed E-state index contributed by atoms with van der Waals surface area (Å²) in [5.74, 6) is -0.958. The Kier molecular flexibility index (Phi) is 10.1. The number of hydrogen-bond donors (Lipinski definition) is 0. The molecule has 0 amide bonds. The molecule has 0 bridgehead atoms. The summed E-state index contributed by atoms with van der Waals surface area (Å²) in [5.41, 5.74) is -0.342. The molecule has 2 aromatic carbocycles. The van der Waals surface area contributed by atoms with E-state index in [-0.39, 0.29) is 26.4 Å². The Hall–Kier alpha value is -1.74. The third-order valence-corrected chi connectivity index (χ3v) is 7.24. The second kappa shape index (κ2) is 12.1. The largest absolute Gasteiger partial charge is 0.460 e. The van der Waals surface area contributed by atoms with Crippen LogP contribution in [0.5, 0.6) is 0 Å². The second-order valence-corrected chi connectivity index (χ2v) is 13.8. The van der Waals surface area contributed by atoms with E-state index < -0.39 is 28.0 Å². The van der Waals surface area contributed by atoms with Crippen molar-refractivity contribution in [2.24, 2.45) is 10.8 Å². The molecule has 9 heteroatoms. The van der Waals surface area contributed by atoms with Crippen LogP contribution in [0.2, 0.25) is 0 Å². The summed E-state index contributed by atoms with van der Waals surface area (Å²) < 4.78 is 34.3. The molecule has 33 heavy (non-hydrogen) atoms. The summed E-state index contributed by atoms with van der Waals surface area (Å²) in [6.45, 7) is 6.51. The van der Waals surface area contributed by atoms with Crippen LogP contribution in [-0.4, -0.2) is 25.2 Å². The zero-order valence-corrected chi connectivity index (χ0v) is 22.3. The number of halogens is 1. The van der Waals surface area contributed by atoms with E-state index >= 15 is 0 Å². The molecule has 0 atom stereocenters. The van der Waals surface area contributed by atoms with Crippen LogP contribution in [0.25, 0.3) is 0 Å². The number of carbonyl (C=O) groups excluding carboxylic acids is 2. The Morgan fingerprint density at radius 1 is 0.727 bits per heavy atom. The molecule has 0 spiro atoms. The van der Waals surface area contributed by atoms with Crippen molar-refractivity contribution in [1.82, 2.24) is 0 Å². The Morgan fingerprint density at radius 3 is 1.39 bits per heavy atom. The van der Waals surface area contributed by atoms with Crippen molar-refractivity contribution in [3.8, 4) is 0 Å². The molecule has 0 fully saturated rings.